The number of rotatable bonds is 3. The lowest BCUT2D eigenvalue weighted by atomic mass is 9.92. The molecule has 0 spiro atoms. The normalized spacial score (nSPS) is 20.8. The van der Waals surface area contributed by atoms with Crippen molar-refractivity contribution in [1.29, 1.82) is 0 Å². The molecule has 2 aromatic heterocycles. The molecule has 142 valence electrons. The van der Waals surface area contributed by atoms with Gasteiger partial charge in [0.15, 0.2) is 0 Å². The molecule has 5 rings (SSSR count). The molecular formula is C22H23N5O. The number of nitrogens with one attached hydrogen (secondary N) is 1. The summed E-state index contributed by atoms with van der Waals surface area (Å²) in [5, 5.41) is 0. The minimum absolute atomic E-state index is 0.105. The molecule has 0 aliphatic carbocycles. The fourth-order valence-corrected chi connectivity index (χ4v) is 4.35. The number of carbonyl (C=O) groups excluding carboxylic acids is 1. The van der Waals surface area contributed by atoms with E-state index in [2.05, 4.69) is 19.9 Å². The van der Waals surface area contributed by atoms with Crippen LogP contribution in [0.15, 0.2) is 48.7 Å². The zero-order valence-corrected chi connectivity index (χ0v) is 16.1. The molecule has 0 bridgehead atoms. The molecule has 2 aliphatic rings. The van der Waals surface area contributed by atoms with Crippen molar-refractivity contribution >= 4 is 11.9 Å². The Morgan fingerprint density at radius 1 is 1.04 bits per heavy atom. The van der Waals surface area contributed by atoms with Crippen LogP contribution in [0.25, 0.3) is 11.3 Å². The minimum atomic E-state index is 0.105. The summed E-state index contributed by atoms with van der Waals surface area (Å²) in [7, 11) is 0. The van der Waals surface area contributed by atoms with Crippen LogP contribution in [0.2, 0.25) is 0 Å². The van der Waals surface area contributed by atoms with E-state index in [4.69, 9.17) is 0 Å². The quantitative estimate of drug-likeness (QED) is 0.766. The molecule has 2 saturated heterocycles. The van der Waals surface area contributed by atoms with Gasteiger partial charge >= 0.3 is 0 Å². The van der Waals surface area contributed by atoms with Gasteiger partial charge in [0.05, 0.1) is 6.04 Å². The highest BCUT2D eigenvalue weighted by Gasteiger charge is 2.48. The summed E-state index contributed by atoms with van der Waals surface area (Å²) < 4.78 is 0. The topological polar surface area (TPSA) is 65.1 Å². The fourth-order valence-electron chi connectivity index (χ4n) is 4.35. The van der Waals surface area contributed by atoms with E-state index in [1.54, 1.807) is 0 Å². The van der Waals surface area contributed by atoms with Gasteiger partial charge in [0.1, 0.15) is 0 Å². The van der Waals surface area contributed by atoms with Gasteiger partial charge in [0, 0.05) is 54.4 Å². The lowest BCUT2D eigenvalue weighted by molar-refractivity contribution is 0.0789. The standard InChI is InChI=1S/C22H23N5O/c1-14-10-15(2)25-22(24-14)27-12-18-11-26(13-20(18)27)21(28)17-7-5-16(6-8-17)19-4-3-9-23-19/h3-10,18,20,23H,11-13H2,1-2H3. The largest absolute Gasteiger partial charge is 0.361 e. The second-order valence-corrected chi connectivity index (χ2v) is 7.80. The molecule has 3 aromatic rings. The van der Waals surface area contributed by atoms with Gasteiger partial charge in [-0.05, 0) is 49.7 Å². The fraction of sp³-hybridized carbons (Fsp3) is 0.318. The molecule has 1 amide bonds. The number of nitrogens with zero attached hydrogens (tertiary/aromatic N) is 4. The summed E-state index contributed by atoms with van der Waals surface area (Å²) in [6.45, 7) is 6.46. The molecule has 28 heavy (non-hydrogen) atoms. The van der Waals surface area contributed by atoms with Crippen LogP contribution in [0, 0.1) is 19.8 Å². The van der Waals surface area contributed by atoms with E-state index < -0.39 is 0 Å². The van der Waals surface area contributed by atoms with Crippen molar-refractivity contribution in [2.75, 3.05) is 24.5 Å². The monoisotopic (exact) mass is 373 g/mol. The minimum Gasteiger partial charge on any atom is -0.361 e. The van der Waals surface area contributed by atoms with E-state index >= 15 is 0 Å². The number of fused-ring (bicyclic) bond motifs is 1. The summed E-state index contributed by atoms with van der Waals surface area (Å²) in [5.74, 6) is 1.41. The molecule has 2 fully saturated rings. The van der Waals surface area contributed by atoms with Crippen LogP contribution in [0.3, 0.4) is 0 Å². The van der Waals surface area contributed by atoms with Gasteiger partial charge in [-0.1, -0.05) is 12.1 Å². The predicted octanol–water partition coefficient (Wildman–Crippen LogP) is 3.05. The average Bonchev–Trinajstić information content (AvgIpc) is 3.30. The number of amides is 1. The number of aromatic nitrogens is 3. The Morgan fingerprint density at radius 2 is 1.79 bits per heavy atom. The van der Waals surface area contributed by atoms with E-state index in [9.17, 15) is 4.79 Å². The molecule has 1 aromatic carbocycles. The number of anilines is 1. The molecule has 2 atom stereocenters. The predicted molar refractivity (Wildman–Crippen MR) is 108 cm³/mol. The number of H-pyrrole nitrogens is 1. The molecule has 6 nitrogen and oxygen atoms in total. The summed E-state index contributed by atoms with van der Waals surface area (Å²) >= 11 is 0. The SMILES string of the molecule is Cc1cc(C)nc(N2CC3CN(C(=O)c4ccc(-c5ccc[nH]5)cc4)CC32)n1. The van der Waals surface area contributed by atoms with Gasteiger partial charge in [-0.3, -0.25) is 4.79 Å². The third-order valence-corrected chi connectivity index (χ3v) is 5.79. The van der Waals surface area contributed by atoms with Crippen LogP contribution >= 0.6 is 0 Å². The molecule has 0 saturated carbocycles. The summed E-state index contributed by atoms with van der Waals surface area (Å²) in [6.07, 6.45) is 1.90. The van der Waals surface area contributed by atoms with Gasteiger partial charge < -0.3 is 14.8 Å². The Balaban J connectivity index is 1.29. The van der Waals surface area contributed by atoms with E-state index in [1.807, 2.05) is 67.4 Å². The van der Waals surface area contributed by atoms with Gasteiger partial charge in [-0.2, -0.15) is 0 Å². The summed E-state index contributed by atoms with van der Waals surface area (Å²) in [4.78, 5) is 29.6. The Labute approximate surface area is 164 Å². The molecule has 4 heterocycles. The molecular weight excluding hydrogens is 350 g/mol. The van der Waals surface area contributed by atoms with E-state index in [-0.39, 0.29) is 5.91 Å². The lowest BCUT2D eigenvalue weighted by Crippen LogP contribution is -2.56. The second kappa shape index (κ2) is 6.48. The molecule has 2 unspecified atom stereocenters. The van der Waals surface area contributed by atoms with Gasteiger partial charge in [-0.25, -0.2) is 9.97 Å². The van der Waals surface area contributed by atoms with Gasteiger partial charge in [-0.15, -0.1) is 0 Å². The van der Waals surface area contributed by atoms with Crippen molar-refractivity contribution in [3.63, 3.8) is 0 Å². The highest BCUT2D eigenvalue weighted by atomic mass is 16.2. The Bertz CT molecular complexity index is 992. The molecule has 1 N–H and O–H groups in total. The van der Waals surface area contributed by atoms with Crippen LogP contribution in [0.5, 0.6) is 0 Å². The van der Waals surface area contributed by atoms with E-state index in [1.165, 1.54) is 0 Å². The number of hydrogen-bond donors (Lipinski definition) is 1. The number of likely N-dealkylation sites (tertiary alicyclic amines) is 1. The number of aryl methyl sites for hydroxylation is 2. The van der Waals surface area contributed by atoms with Crippen LogP contribution in [0.1, 0.15) is 21.7 Å². The molecule has 2 aliphatic heterocycles. The lowest BCUT2D eigenvalue weighted by Gasteiger charge is -2.43. The average molecular weight is 373 g/mol. The molecule has 0 radical (unpaired) electrons. The zero-order chi connectivity index (χ0) is 19.3. The first kappa shape index (κ1) is 17.0. The van der Waals surface area contributed by atoms with Crippen molar-refractivity contribution < 1.29 is 4.79 Å². The molecule has 6 heteroatoms. The van der Waals surface area contributed by atoms with Crippen molar-refractivity contribution in [2.45, 2.75) is 19.9 Å². The Hall–Kier alpha value is -3.15. The number of aromatic amines is 1. The Morgan fingerprint density at radius 3 is 2.46 bits per heavy atom. The summed E-state index contributed by atoms with van der Waals surface area (Å²) in [6, 6.07) is 14.1. The first-order chi connectivity index (χ1) is 13.6. The smallest absolute Gasteiger partial charge is 0.253 e. The Kier molecular flexibility index (Phi) is 3.93. The zero-order valence-electron chi connectivity index (χ0n) is 16.1. The maximum atomic E-state index is 13.0. The number of carbonyl (C=O) groups is 1. The van der Waals surface area contributed by atoms with Crippen molar-refractivity contribution in [2.24, 2.45) is 5.92 Å². The second-order valence-electron chi connectivity index (χ2n) is 7.80. The van der Waals surface area contributed by atoms with Crippen molar-refractivity contribution in [3.8, 4) is 11.3 Å². The van der Waals surface area contributed by atoms with Crippen molar-refractivity contribution in [1.82, 2.24) is 19.9 Å². The first-order valence-corrected chi connectivity index (χ1v) is 9.70. The van der Waals surface area contributed by atoms with Crippen LogP contribution in [-0.4, -0.2) is 51.4 Å². The van der Waals surface area contributed by atoms with E-state index in [0.29, 0.717) is 12.0 Å². The summed E-state index contributed by atoms with van der Waals surface area (Å²) in [5.41, 5.74) is 4.85. The number of hydrogen-bond acceptors (Lipinski definition) is 4. The first-order valence-electron chi connectivity index (χ1n) is 9.70. The third-order valence-electron chi connectivity index (χ3n) is 5.79. The number of benzene rings is 1. The van der Waals surface area contributed by atoms with Crippen LogP contribution < -0.4 is 4.90 Å². The third kappa shape index (κ3) is 2.85. The van der Waals surface area contributed by atoms with Crippen molar-refractivity contribution in [3.05, 3.63) is 65.6 Å². The van der Waals surface area contributed by atoms with Gasteiger partial charge in [0.25, 0.3) is 5.91 Å². The van der Waals surface area contributed by atoms with E-state index in [0.717, 1.165) is 53.8 Å². The highest BCUT2D eigenvalue weighted by molar-refractivity contribution is 5.95. The van der Waals surface area contributed by atoms with Crippen LogP contribution in [0.4, 0.5) is 5.95 Å². The maximum Gasteiger partial charge on any atom is 0.253 e. The van der Waals surface area contributed by atoms with Crippen LogP contribution in [-0.2, 0) is 0 Å². The highest BCUT2D eigenvalue weighted by Crippen LogP contribution is 2.35. The van der Waals surface area contributed by atoms with Gasteiger partial charge in [0.2, 0.25) is 5.95 Å². The maximum absolute atomic E-state index is 13.0.